The molecular weight excluding hydrogens is 354 g/mol. The zero-order valence-corrected chi connectivity index (χ0v) is 17.7. The minimum absolute atomic E-state index is 0.268. The number of methoxy groups -OCH3 is 1. The first kappa shape index (κ1) is 22.5. The molecule has 2 atom stereocenters. The average molecular weight is 388 g/mol. The van der Waals surface area contributed by atoms with Gasteiger partial charge in [-0.05, 0) is 35.9 Å². The lowest BCUT2D eigenvalue weighted by Gasteiger charge is -2.47. The van der Waals surface area contributed by atoms with Gasteiger partial charge in [0, 0.05) is 13.1 Å². The van der Waals surface area contributed by atoms with E-state index in [4.69, 9.17) is 17.0 Å². The van der Waals surface area contributed by atoms with Crippen molar-refractivity contribution in [2.24, 2.45) is 10.8 Å². The van der Waals surface area contributed by atoms with Crippen LogP contribution in [-0.4, -0.2) is 59.0 Å². The van der Waals surface area contributed by atoms with Gasteiger partial charge in [0.05, 0.1) is 12.6 Å². The van der Waals surface area contributed by atoms with E-state index in [1.165, 1.54) is 12.0 Å². The van der Waals surface area contributed by atoms with Gasteiger partial charge in [-0.2, -0.15) is 0 Å². The number of hydrogen-bond acceptors (Lipinski definition) is 4. The molecule has 26 heavy (non-hydrogen) atoms. The minimum Gasteiger partial charge on any atom is -0.467 e. The molecule has 0 aromatic carbocycles. The van der Waals surface area contributed by atoms with Gasteiger partial charge in [0.15, 0.2) is 5.11 Å². The predicted molar refractivity (Wildman–Crippen MR) is 105 cm³/mol. The Kier molecular flexibility index (Phi) is 6.90. The van der Waals surface area contributed by atoms with Gasteiger partial charge >= 0.3 is 12.1 Å². The van der Waals surface area contributed by atoms with Crippen molar-refractivity contribution >= 4 is 29.4 Å². The van der Waals surface area contributed by atoms with Gasteiger partial charge in [-0.25, -0.2) is 9.59 Å². The Morgan fingerprint density at radius 2 is 1.85 bits per heavy atom. The highest BCUT2D eigenvalue weighted by atomic mass is 32.1. The molecule has 150 valence electrons. The van der Waals surface area contributed by atoms with E-state index in [-0.39, 0.29) is 16.8 Å². The fourth-order valence-corrected chi connectivity index (χ4v) is 3.73. The number of rotatable bonds is 4. The summed E-state index contributed by atoms with van der Waals surface area (Å²) in [7, 11) is 1.34. The van der Waals surface area contributed by atoms with Crippen LogP contribution in [0.3, 0.4) is 0 Å². The molecule has 1 fully saturated rings. The van der Waals surface area contributed by atoms with Crippen LogP contribution < -0.4 is 10.6 Å². The van der Waals surface area contributed by atoms with Crippen molar-refractivity contribution in [3.8, 4) is 0 Å². The SMILES string of the molecule is COC(=O)[C@@H](NC(=S)NC[C@@]1(C(C)(C)C)CCCN1C(=O)O)C(C)(C)C. The molecular formula is C18H33N3O4S. The normalized spacial score (nSPS) is 21.9. The first-order valence-electron chi connectivity index (χ1n) is 8.89. The second-order valence-corrected chi connectivity index (χ2v) is 9.38. The van der Waals surface area contributed by atoms with Gasteiger partial charge in [-0.15, -0.1) is 0 Å². The van der Waals surface area contributed by atoms with Gasteiger partial charge in [0.1, 0.15) is 6.04 Å². The number of amides is 1. The molecule has 1 rings (SSSR count). The maximum atomic E-state index is 12.1. The number of carbonyl (C=O) groups is 2. The fourth-order valence-electron chi connectivity index (χ4n) is 3.54. The lowest BCUT2D eigenvalue weighted by atomic mass is 9.71. The molecule has 0 saturated carbocycles. The minimum atomic E-state index is -0.916. The van der Waals surface area contributed by atoms with Crippen molar-refractivity contribution in [3.63, 3.8) is 0 Å². The van der Waals surface area contributed by atoms with E-state index in [0.29, 0.717) is 18.2 Å². The molecule has 7 nitrogen and oxygen atoms in total. The molecule has 0 radical (unpaired) electrons. The number of thiocarbonyl (C=S) groups is 1. The van der Waals surface area contributed by atoms with Gasteiger partial charge in [0.2, 0.25) is 0 Å². The van der Waals surface area contributed by atoms with E-state index >= 15 is 0 Å². The molecule has 0 bridgehead atoms. The standard InChI is InChI=1S/C18H33N3O4S/c1-16(2,3)12(13(22)25-7)20-14(26)19-11-18(17(4,5)6)9-8-10-21(18)15(23)24/h12H,8-11H2,1-7H3,(H,23,24)(H2,19,20,26)/t12-,18-/m1/s1. The maximum absolute atomic E-state index is 12.1. The largest absolute Gasteiger partial charge is 0.467 e. The van der Waals surface area contributed by atoms with Crippen molar-refractivity contribution in [2.75, 3.05) is 20.2 Å². The summed E-state index contributed by atoms with van der Waals surface area (Å²) < 4.78 is 4.87. The quantitative estimate of drug-likeness (QED) is 0.504. The molecule has 0 aromatic rings. The average Bonchev–Trinajstić information content (AvgIpc) is 2.94. The summed E-state index contributed by atoms with van der Waals surface area (Å²) in [4.78, 5) is 25.3. The van der Waals surface area contributed by atoms with E-state index < -0.39 is 17.7 Å². The van der Waals surface area contributed by atoms with Crippen LogP contribution in [0.5, 0.6) is 0 Å². The van der Waals surface area contributed by atoms with Crippen LogP contribution in [0.2, 0.25) is 0 Å². The van der Waals surface area contributed by atoms with E-state index in [2.05, 4.69) is 10.6 Å². The highest BCUT2D eigenvalue weighted by molar-refractivity contribution is 7.80. The zero-order valence-electron chi connectivity index (χ0n) is 16.9. The molecule has 1 aliphatic heterocycles. The van der Waals surface area contributed by atoms with Crippen LogP contribution in [0, 0.1) is 10.8 Å². The number of nitrogens with zero attached hydrogens (tertiary/aromatic N) is 1. The van der Waals surface area contributed by atoms with Gasteiger partial charge < -0.3 is 25.4 Å². The van der Waals surface area contributed by atoms with Crippen LogP contribution in [0.15, 0.2) is 0 Å². The Balaban J connectivity index is 2.91. The molecule has 3 N–H and O–H groups in total. The van der Waals surface area contributed by atoms with E-state index in [1.54, 1.807) is 0 Å². The summed E-state index contributed by atoms with van der Waals surface area (Å²) in [6.07, 6.45) is 0.663. The second-order valence-electron chi connectivity index (χ2n) is 8.97. The molecule has 8 heteroatoms. The number of carboxylic acid groups (broad SMARTS) is 1. The molecule has 0 unspecified atom stereocenters. The van der Waals surface area contributed by atoms with Crippen LogP contribution in [-0.2, 0) is 9.53 Å². The smallest absolute Gasteiger partial charge is 0.407 e. The number of ether oxygens (including phenoxy) is 1. The summed E-state index contributed by atoms with van der Waals surface area (Å²) in [5.41, 5.74) is -1.22. The molecule has 0 aliphatic carbocycles. The van der Waals surface area contributed by atoms with E-state index in [0.717, 1.165) is 12.8 Å². The van der Waals surface area contributed by atoms with Gasteiger partial charge in [-0.1, -0.05) is 41.5 Å². The summed E-state index contributed by atoms with van der Waals surface area (Å²) in [5, 5.41) is 16.1. The topological polar surface area (TPSA) is 90.9 Å². The highest BCUT2D eigenvalue weighted by Crippen LogP contribution is 2.43. The third kappa shape index (κ3) is 4.78. The number of esters is 1. The molecule has 1 amide bonds. The van der Waals surface area contributed by atoms with Crippen LogP contribution in [0.1, 0.15) is 54.4 Å². The number of carbonyl (C=O) groups excluding carboxylic acids is 1. The van der Waals surface area contributed by atoms with Crippen molar-refractivity contribution in [3.05, 3.63) is 0 Å². The zero-order chi connectivity index (χ0) is 20.3. The molecule has 0 spiro atoms. The third-order valence-electron chi connectivity index (χ3n) is 5.24. The maximum Gasteiger partial charge on any atom is 0.407 e. The molecule has 1 aliphatic rings. The van der Waals surface area contributed by atoms with Crippen LogP contribution in [0.25, 0.3) is 0 Å². The number of hydrogen-bond donors (Lipinski definition) is 3. The Labute approximate surface area is 161 Å². The van der Waals surface area contributed by atoms with Gasteiger partial charge in [-0.3, -0.25) is 0 Å². The Hall–Kier alpha value is -1.57. The van der Waals surface area contributed by atoms with Crippen molar-refractivity contribution < 1.29 is 19.4 Å². The number of nitrogens with one attached hydrogen (secondary N) is 2. The van der Waals surface area contributed by atoms with Crippen molar-refractivity contribution in [1.82, 2.24) is 15.5 Å². The third-order valence-corrected chi connectivity index (χ3v) is 5.50. The van der Waals surface area contributed by atoms with Crippen molar-refractivity contribution in [2.45, 2.75) is 66.0 Å². The summed E-state index contributed by atoms with van der Waals surface area (Å²) in [6, 6.07) is -0.600. The van der Waals surface area contributed by atoms with Gasteiger partial charge in [0.25, 0.3) is 0 Å². The number of likely N-dealkylation sites (tertiary alicyclic amines) is 1. The summed E-state index contributed by atoms with van der Waals surface area (Å²) in [5.74, 6) is -0.389. The molecule has 1 saturated heterocycles. The Morgan fingerprint density at radius 1 is 1.27 bits per heavy atom. The molecule has 1 heterocycles. The first-order chi connectivity index (χ1) is 11.8. The first-order valence-corrected chi connectivity index (χ1v) is 9.30. The lowest BCUT2D eigenvalue weighted by Crippen LogP contribution is -2.62. The summed E-state index contributed by atoms with van der Waals surface area (Å²) >= 11 is 5.38. The molecule has 0 aromatic heterocycles. The Morgan fingerprint density at radius 3 is 2.27 bits per heavy atom. The van der Waals surface area contributed by atoms with E-state index in [9.17, 15) is 14.7 Å². The monoisotopic (exact) mass is 387 g/mol. The van der Waals surface area contributed by atoms with Crippen LogP contribution >= 0.6 is 12.2 Å². The second kappa shape index (κ2) is 7.98. The summed E-state index contributed by atoms with van der Waals surface area (Å²) in [6.45, 7) is 12.8. The van der Waals surface area contributed by atoms with Crippen LogP contribution in [0.4, 0.5) is 4.79 Å². The Bertz CT molecular complexity index is 554. The highest BCUT2D eigenvalue weighted by Gasteiger charge is 2.51. The van der Waals surface area contributed by atoms with Crippen molar-refractivity contribution in [1.29, 1.82) is 0 Å². The predicted octanol–water partition coefficient (Wildman–Crippen LogP) is 2.60. The fraction of sp³-hybridized carbons (Fsp3) is 0.833. The van der Waals surface area contributed by atoms with E-state index in [1.807, 2.05) is 41.5 Å². The lowest BCUT2D eigenvalue weighted by molar-refractivity contribution is -0.145.